The summed E-state index contributed by atoms with van der Waals surface area (Å²) >= 11 is 2.69. The Morgan fingerprint density at radius 1 is 1.11 bits per heavy atom. The van der Waals surface area contributed by atoms with Crippen LogP contribution >= 0.6 is 22.7 Å². The highest BCUT2D eigenvalue weighted by atomic mass is 32.1. The molecule has 4 nitrogen and oxygen atoms in total. The molecular weight excluding hydrogens is 378 g/mol. The molecule has 0 aliphatic carbocycles. The molecule has 27 heavy (non-hydrogen) atoms. The lowest BCUT2D eigenvalue weighted by Crippen LogP contribution is -2.24. The van der Waals surface area contributed by atoms with Gasteiger partial charge in [0.1, 0.15) is 5.00 Å². The third kappa shape index (κ3) is 4.53. The zero-order valence-electron chi connectivity index (χ0n) is 14.9. The van der Waals surface area contributed by atoms with Crippen molar-refractivity contribution in [1.82, 2.24) is 0 Å². The molecule has 3 aromatic rings. The normalized spacial score (nSPS) is 11.2. The Morgan fingerprint density at radius 2 is 1.85 bits per heavy atom. The third-order valence-corrected chi connectivity index (χ3v) is 5.80. The first-order valence-electron chi connectivity index (χ1n) is 8.41. The van der Waals surface area contributed by atoms with Crippen molar-refractivity contribution in [3.8, 4) is 11.1 Å². The molecule has 0 unspecified atom stereocenters. The van der Waals surface area contributed by atoms with E-state index in [1.165, 1.54) is 34.3 Å². The molecule has 1 aromatic carbocycles. The van der Waals surface area contributed by atoms with Crippen LogP contribution in [-0.4, -0.2) is 11.9 Å². The van der Waals surface area contributed by atoms with Crippen molar-refractivity contribution in [2.75, 3.05) is 5.32 Å². The molecule has 1 N–H and O–H groups in total. The molecule has 0 aliphatic heterocycles. The Bertz CT molecular complexity index is 968. The highest BCUT2D eigenvalue weighted by Gasteiger charge is 2.16. The van der Waals surface area contributed by atoms with E-state index in [1.807, 2.05) is 41.8 Å². The second-order valence-corrected chi connectivity index (χ2v) is 8.11. The molecule has 3 rings (SSSR count). The minimum absolute atomic E-state index is 0.00942. The minimum Gasteiger partial charge on any atom is -0.545 e. The molecule has 2 heterocycles. The van der Waals surface area contributed by atoms with Gasteiger partial charge in [-0.15, -0.1) is 22.7 Å². The first-order chi connectivity index (χ1) is 13.0. The van der Waals surface area contributed by atoms with Crippen molar-refractivity contribution in [3.05, 3.63) is 69.2 Å². The Labute approximate surface area is 165 Å². The predicted molar refractivity (Wildman–Crippen MR) is 110 cm³/mol. The number of thiophene rings is 2. The number of rotatable bonds is 6. The highest BCUT2D eigenvalue weighted by molar-refractivity contribution is 7.15. The van der Waals surface area contributed by atoms with Crippen LogP contribution in [0.5, 0.6) is 0 Å². The van der Waals surface area contributed by atoms with E-state index in [0.717, 1.165) is 10.4 Å². The lowest BCUT2D eigenvalue weighted by Gasteiger charge is -2.10. The van der Waals surface area contributed by atoms with Crippen molar-refractivity contribution >= 4 is 45.6 Å². The van der Waals surface area contributed by atoms with Gasteiger partial charge in [0, 0.05) is 27.5 Å². The Balaban J connectivity index is 1.85. The monoisotopic (exact) mass is 396 g/mol. The maximum atomic E-state index is 12.1. The summed E-state index contributed by atoms with van der Waals surface area (Å²) in [5.74, 6) is -1.29. The van der Waals surface area contributed by atoms with Crippen molar-refractivity contribution < 1.29 is 14.7 Å². The van der Waals surface area contributed by atoms with Crippen LogP contribution in [0.1, 0.15) is 40.6 Å². The molecular formula is C21H18NO3S2-. The second-order valence-electron chi connectivity index (χ2n) is 6.26. The molecule has 138 valence electrons. The number of anilines is 1. The molecule has 2 aromatic heterocycles. The number of carboxylic acids is 1. The van der Waals surface area contributed by atoms with E-state index in [9.17, 15) is 14.7 Å². The average Bonchev–Trinajstić information content (AvgIpc) is 3.29. The number of nitrogens with one attached hydrogen (secondary N) is 1. The molecule has 1 amide bonds. The van der Waals surface area contributed by atoms with Gasteiger partial charge in [-0.25, -0.2) is 0 Å². The van der Waals surface area contributed by atoms with Gasteiger partial charge in [0.2, 0.25) is 5.91 Å². The van der Waals surface area contributed by atoms with Crippen LogP contribution in [-0.2, 0) is 4.79 Å². The summed E-state index contributed by atoms with van der Waals surface area (Å²) in [7, 11) is 0. The number of aromatic carboxylic acids is 1. The number of benzene rings is 1. The van der Waals surface area contributed by atoms with E-state index in [2.05, 4.69) is 19.2 Å². The van der Waals surface area contributed by atoms with Gasteiger partial charge in [-0.1, -0.05) is 44.2 Å². The van der Waals surface area contributed by atoms with E-state index in [-0.39, 0.29) is 16.5 Å². The smallest absolute Gasteiger partial charge is 0.249 e. The van der Waals surface area contributed by atoms with E-state index in [0.29, 0.717) is 11.5 Å². The number of amides is 1. The zero-order valence-corrected chi connectivity index (χ0v) is 16.5. The summed E-state index contributed by atoms with van der Waals surface area (Å²) in [5, 5.41) is 18.3. The number of carbonyl (C=O) groups excluding carboxylic acids is 2. The van der Waals surface area contributed by atoms with Gasteiger partial charge in [0.05, 0.1) is 5.97 Å². The number of hydrogen-bond donors (Lipinski definition) is 1. The Morgan fingerprint density at radius 3 is 2.44 bits per heavy atom. The summed E-state index contributed by atoms with van der Waals surface area (Å²) in [4.78, 5) is 24.8. The maximum absolute atomic E-state index is 12.1. The van der Waals surface area contributed by atoms with E-state index in [4.69, 9.17) is 0 Å². The van der Waals surface area contributed by atoms with Gasteiger partial charge < -0.3 is 15.2 Å². The Hall–Kier alpha value is -2.70. The van der Waals surface area contributed by atoms with Gasteiger partial charge >= 0.3 is 0 Å². The molecule has 0 bridgehead atoms. The summed E-state index contributed by atoms with van der Waals surface area (Å²) < 4.78 is 0. The van der Waals surface area contributed by atoms with Gasteiger partial charge in [-0.3, -0.25) is 4.79 Å². The number of hydrogen-bond acceptors (Lipinski definition) is 5. The van der Waals surface area contributed by atoms with Gasteiger partial charge in [0.15, 0.2) is 0 Å². The van der Waals surface area contributed by atoms with Gasteiger partial charge in [-0.2, -0.15) is 0 Å². The standard InChI is InChI=1S/C21H19NO3S2/c1-13(2)14-5-7-15(8-6-14)17-12-27-20(19(17)21(24)25)22-18(23)10-9-16-4-3-11-26-16/h3-13H,1-2H3,(H,22,23)(H,24,25)/p-1/b10-9+. The van der Waals surface area contributed by atoms with Crippen molar-refractivity contribution in [3.63, 3.8) is 0 Å². The second kappa shape index (κ2) is 8.33. The molecule has 0 fully saturated rings. The average molecular weight is 397 g/mol. The Kier molecular flexibility index (Phi) is 5.88. The van der Waals surface area contributed by atoms with Crippen molar-refractivity contribution in [1.29, 1.82) is 0 Å². The molecule has 0 atom stereocenters. The fraction of sp³-hybridized carbons (Fsp3) is 0.143. The lowest BCUT2D eigenvalue weighted by molar-refractivity contribution is -0.254. The molecule has 0 saturated carbocycles. The van der Waals surface area contributed by atoms with Crippen LogP contribution in [0.3, 0.4) is 0 Å². The molecule has 0 radical (unpaired) electrons. The minimum atomic E-state index is -1.31. The SMILES string of the molecule is CC(C)c1ccc(-c2csc(NC(=O)/C=C/c3cccs3)c2C(=O)[O-])cc1. The number of carbonyl (C=O) groups is 2. The summed E-state index contributed by atoms with van der Waals surface area (Å²) in [6.07, 6.45) is 3.08. The largest absolute Gasteiger partial charge is 0.545 e. The van der Waals surface area contributed by atoms with E-state index >= 15 is 0 Å². The fourth-order valence-corrected chi connectivity index (χ4v) is 4.19. The van der Waals surface area contributed by atoms with E-state index in [1.54, 1.807) is 11.5 Å². The van der Waals surface area contributed by atoms with Gasteiger partial charge in [-0.05, 0) is 34.6 Å². The highest BCUT2D eigenvalue weighted by Crippen LogP contribution is 2.35. The van der Waals surface area contributed by atoms with Gasteiger partial charge in [0.25, 0.3) is 0 Å². The van der Waals surface area contributed by atoms with Crippen LogP contribution in [0.15, 0.2) is 53.2 Å². The molecule has 0 aliphatic rings. The zero-order chi connectivity index (χ0) is 19.4. The molecule has 0 spiro atoms. The van der Waals surface area contributed by atoms with Crippen LogP contribution < -0.4 is 10.4 Å². The number of carboxylic acid groups (broad SMARTS) is 1. The summed E-state index contributed by atoms with van der Waals surface area (Å²) in [6.45, 7) is 4.20. The first kappa shape index (κ1) is 19.1. The topological polar surface area (TPSA) is 69.2 Å². The van der Waals surface area contributed by atoms with Crippen LogP contribution in [0.4, 0.5) is 5.00 Å². The quantitative estimate of drug-likeness (QED) is 0.618. The van der Waals surface area contributed by atoms with E-state index < -0.39 is 5.97 Å². The molecule has 0 saturated heterocycles. The summed E-state index contributed by atoms with van der Waals surface area (Å²) in [5.41, 5.74) is 2.52. The first-order valence-corrected chi connectivity index (χ1v) is 10.2. The third-order valence-electron chi connectivity index (χ3n) is 4.06. The maximum Gasteiger partial charge on any atom is 0.249 e. The fourth-order valence-electron chi connectivity index (χ4n) is 2.61. The van der Waals surface area contributed by atoms with Crippen molar-refractivity contribution in [2.45, 2.75) is 19.8 Å². The van der Waals surface area contributed by atoms with Crippen LogP contribution in [0, 0.1) is 0 Å². The van der Waals surface area contributed by atoms with Crippen molar-refractivity contribution in [2.24, 2.45) is 0 Å². The predicted octanol–water partition coefficient (Wildman–Crippen LogP) is 4.62. The lowest BCUT2D eigenvalue weighted by atomic mass is 9.98. The van der Waals surface area contributed by atoms with Crippen LogP contribution in [0.25, 0.3) is 17.2 Å². The molecule has 6 heteroatoms. The van der Waals surface area contributed by atoms with Crippen LogP contribution in [0.2, 0.25) is 0 Å². The summed E-state index contributed by atoms with van der Waals surface area (Å²) in [6, 6.07) is 11.5.